The number of methoxy groups -OCH3 is 1. The Balaban J connectivity index is 1.66. The Bertz CT molecular complexity index is 796. The molecule has 0 unspecified atom stereocenters. The van der Waals surface area contributed by atoms with Crippen molar-refractivity contribution in [3.8, 4) is 5.75 Å². The van der Waals surface area contributed by atoms with Gasteiger partial charge in [0.15, 0.2) is 0 Å². The third kappa shape index (κ3) is 6.44. The molecule has 2 aromatic carbocycles. The second-order valence-electron chi connectivity index (χ2n) is 6.98. The summed E-state index contributed by atoms with van der Waals surface area (Å²) in [6.45, 7) is 5.24. The molecule has 0 atom stereocenters. The van der Waals surface area contributed by atoms with E-state index in [2.05, 4.69) is 10.2 Å². The fourth-order valence-electron chi connectivity index (χ4n) is 3.37. The Morgan fingerprint density at radius 1 is 1.21 bits per heavy atom. The minimum Gasteiger partial charge on any atom is -0.496 e. The minimum absolute atomic E-state index is 0.261. The van der Waals surface area contributed by atoms with E-state index in [9.17, 15) is 9.18 Å². The zero-order valence-electron chi connectivity index (χ0n) is 16.8. The first-order valence-corrected chi connectivity index (χ1v) is 9.89. The Kier molecular flexibility index (Phi) is 7.84. The number of benzene rings is 2. The van der Waals surface area contributed by atoms with Crippen LogP contribution < -0.4 is 10.1 Å². The van der Waals surface area contributed by atoms with Crippen molar-refractivity contribution in [3.05, 3.63) is 59.9 Å². The maximum Gasteiger partial charge on any atom is 0.322 e. The van der Waals surface area contributed by atoms with Gasteiger partial charge in [-0.1, -0.05) is 24.3 Å². The molecule has 0 saturated carbocycles. The normalized spacial score (nSPS) is 14.4. The molecule has 7 heteroatoms. The number of hydrogen-bond acceptors (Lipinski definition) is 4. The zero-order chi connectivity index (χ0) is 20.5. The maximum atomic E-state index is 13.5. The lowest BCUT2D eigenvalue weighted by Crippen LogP contribution is -2.40. The lowest BCUT2D eigenvalue weighted by molar-refractivity contribution is 0.0365. The fourth-order valence-corrected chi connectivity index (χ4v) is 3.37. The molecule has 1 heterocycles. The molecule has 1 aliphatic rings. The van der Waals surface area contributed by atoms with Crippen molar-refractivity contribution in [3.63, 3.8) is 0 Å². The summed E-state index contributed by atoms with van der Waals surface area (Å²) < 4.78 is 24.3. The highest BCUT2D eigenvalue weighted by Crippen LogP contribution is 2.20. The molecule has 0 radical (unpaired) electrons. The van der Waals surface area contributed by atoms with Crippen molar-refractivity contribution in [2.45, 2.75) is 13.0 Å². The number of ether oxygens (including phenoxy) is 2. The van der Waals surface area contributed by atoms with Crippen LogP contribution in [0.4, 0.5) is 14.9 Å². The average molecular weight is 401 g/mol. The highest BCUT2D eigenvalue weighted by molar-refractivity contribution is 5.89. The number of halogens is 1. The molecular weight excluding hydrogens is 373 g/mol. The van der Waals surface area contributed by atoms with Gasteiger partial charge in [-0.2, -0.15) is 0 Å². The molecule has 156 valence electrons. The van der Waals surface area contributed by atoms with E-state index in [1.54, 1.807) is 24.1 Å². The molecule has 6 nitrogen and oxygen atoms in total. The van der Waals surface area contributed by atoms with E-state index < -0.39 is 0 Å². The van der Waals surface area contributed by atoms with Gasteiger partial charge in [0, 0.05) is 37.4 Å². The van der Waals surface area contributed by atoms with Gasteiger partial charge in [-0.15, -0.1) is 0 Å². The Hall–Kier alpha value is -2.64. The van der Waals surface area contributed by atoms with Crippen molar-refractivity contribution in [2.24, 2.45) is 0 Å². The molecule has 2 aromatic rings. The number of carbonyl (C=O) groups excluding carboxylic acids is 1. The summed E-state index contributed by atoms with van der Waals surface area (Å²) in [7, 11) is 1.62. The first-order valence-electron chi connectivity index (χ1n) is 9.89. The van der Waals surface area contributed by atoms with Crippen LogP contribution in [0.15, 0.2) is 48.5 Å². The number of nitrogens with one attached hydrogen (secondary N) is 1. The smallest absolute Gasteiger partial charge is 0.322 e. The van der Waals surface area contributed by atoms with Gasteiger partial charge in [-0.25, -0.2) is 9.18 Å². The highest BCUT2D eigenvalue weighted by atomic mass is 19.1. The van der Waals surface area contributed by atoms with Crippen LogP contribution in [0.3, 0.4) is 0 Å². The maximum absolute atomic E-state index is 13.5. The number of carbonyl (C=O) groups is 1. The number of morpholine rings is 1. The summed E-state index contributed by atoms with van der Waals surface area (Å²) in [4.78, 5) is 17.0. The lowest BCUT2D eigenvalue weighted by Gasteiger charge is -2.28. The number of anilines is 1. The summed E-state index contributed by atoms with van der Waals surface area (Å²) in [5.74, 6) is 0.357. The standard InChI is InChI=1S/C22H28FN3O3/c1-28-21-9-3-2-6-18(21)17-26(11-5-10-25-12-14-29-15-13-25)22(27)24-20-8-4-7-19(23)16-20/h2-4,6-9,16H,5,10-15,17H2,1H3,(H,24,27). The molecule has 3 rings (SSSR count). The largest absolute Gasteiger partial charge is 0.496 e. The second kappa shape index (κ2) is 10.8. The van der Waals surface area contributed by atoms with Crippen molar-refractivity contribution >= 4 is 11.7 Å². The predicted molar refractivity (Wildman–Crippen MR) is 111 cm³/mol. The first-order chi connectivity index (χ1) is 14.2. The number of nitrogens with zero attached hydrogens (tertiary/aromatic N) is 2. The highest BCUT2D eigenvalue weighted by Gasteiger charge is 2.17. The molecule has 1 fully saturated rings. The van der Waals surface area contributed by atoms with Crippen LogP contribution >= 0.6 is 0 Å². The summed E-state index contributed by atoms with van der Waals surface area (Å²) in [6.07, 6.45) is 0.839. The molecule has 1 N–H and O–H groups in total. The summed E-state index contributed by atoms with van der Waals surface area (Å²) in [5, 5.41) is 2.80. The molecule has 29 heavy (non-hydrogen) atoms. The number of hydrogen-bond donors (Lipinski definition) is 1. The van der Waals surface area contributed by atoms with Crippen LogP contribution in [-0.2, 0) is 11.3 Å². The number of rotatable bonds is 8. The quantitative estimate of drug-likeness (QED) is 0.735. The Morgan fingerprint density at radius 3 is 2.76 bits per heavy atom. The van der Waals surface area contributed by atoms with E-state index in [1.165, 1.54) is 12.1 Å². The monoisotopic (exact) mass is 401 g/mol. The number of amides is 2. The van der Waals surface area contributed by atoms with Gasteiger partial charge in [0.05, 0.1) is 26.9 Å². The third-order valence-corrected chi connectivity index (χ3v) is 4.92. The van der Waals surface area contributed by atoms with E-state index in [4.69, 9.17) is 9.47 Å². The second-order valence-corrected chi connectivity index (χ2v) is 6.98. The van der Waals surface area contributed by atoms with Gasteiger partial charge < -0.3 is 19.7 Å². The topological polar surface area (TPSA) is 54.0 Å². The van der Waals surface area contributed by atoms with Crippen LogP contribution in [0.25, 0.3) is 0 Å². The third-order valence-electron chi connectivity index (χ3n) is 4.92. The molecule has 0 bridgehead atoms. The van der Waals surface area contributed by atoms with Gasteiger partial charge in [-0.3, -0.25) is 4.90 Å². The Morgan fingerprint density at radius 2 is 2.00 bits per heavy atom. The summed E-state index contributed by atoms with van der Waals surface area (Å²) >= 11 is 0. The van der Waals surface area contributed by atoms with Crippen LogP contribution in [0.1, 0.15) is 12.0 Å². The predicted octanol–water partition coefficient (Wildman–Crippen LogP) is 3.59. The van der Waals surface area contributed by atoms with Gasteiger partial charge in [0.2, 0.25) is 0 Å². The molecule has 2 amide bonds. The zero-order valence-corrected chi connectivity index (χ0v) is 16.8. The Labute approximate surface area is 171 Å². The summed E-state index contributed by atoms with van der Waals surface area (Å²) in [5.41, 5.74) is 1.36. The average Bonchev–Trinajstić information content (AvgIpc) is 2.74. The van der Waals surface area contributed by atoms with Crippen LogP contribution in [0.5, 0.6) is 5.75 Å². The van der Waals surface area contributed by atoms with Gasteiger partial charge in [-0.05, 0) is 30.7 Å². The van der Waals surface area contributed by atoms with Crippen LogP contribution in [0.2, 0.25) is 0 Å². The van der Waals surface area contributed by atoms with Crippen molar-refractivity contribution < 1.29 is 18.7 Å². The van der Waals surface area contributed by atoms with E-state index >= 15 is 0 Å². The molecular formula is C22H28FN3O3. The molecule has 0 aromatic heterocycles. The van der Waals surface area contributed by atoms with Gasteiger partial charge >= 0.3 is 6.03 Å². The molecule has 1 aliphatic heterocycles. The van der Waals surface area contributed by atoms with Crippen molar-refractivity contribution in [2.75, 3.05) is 51.8 Å². The van der Waals surface area contributed by atoms with E-state index in [0.717, 1.165) is 50.6 Å². The van der Waals surface area contributed by atoms with E-state index in [1.807, 2.05) is 24.3 Å². The molecule has 0 aliphatic carbocycles. The SMILES string of the molecule is COc1ccccc1CN(CCCN1CCOCC1)C(=O)Nc1cccc(F)c1. The van der Waals surface area contributed by atoms with Crippen molar-refractivity contribution in [1.29, 1.82) is 0 Å². The fraction of sp³-hybridized carbons (Fsp3) is 0.409. The number of para-hydroxylation sites is 1. The molecule has 0 spiro atoms. The minimum atomic E-state index is -0.383. The lowest BCUT2D eigenvalue weighted by atomic mass is 10.2. The molecule has 1 saturated heterocycles. The van der Waals surface area contributed by atoms with Gasteiger partial charge in [0.1, 0.15) is 11.6 Å². The number of urea groups is 1. The van der Waals surface area contributed by atoms with Crippen LogP contribution in [-0.4, -0.2) is 62.3 Å². The summed E-state index contributed by atoms with van der Waals surface area (Å²) in [6, 6.07) is 13.3. The van der Waals surface area contributed by atoms with E-state index in [0.29, 0.717) is 18.8 Å². The van der Waals surface area contributed by atoms with Crippen molar-refractivity contribution in [1.82, 2.24) is 9.80 Å². The van der Waals surface area contributed by atoms with E-state index in [-0.39, 0.29) is 11.8 Å². The first kappa shape index (κ1) is 21.1. The van der Waals surface area contributed by atoms with Gasteiger partial charge in [0.25, 0.3) is 0 Å². The van der Waals surface area contributed by atoms with Crippen LogP contribution in [0, 0.1) is 5.82 Å².